The van der Waals surface area contributed by atoms with Crippen LogP contribution in [0, 0.1) is 0 Å². The Morgan fingerprint density at radius 1 is 1.10 bits per heavy atom. The van der Waals surface area contributed by atoms with Crippen molar-refractivity contribution in [2.75, 3.05) is 10.6 Å². The van der Waals surface area contributed by atoms with E-state index < -0.39 is 6.03 Å². The standard InChI is InChI=1S/C15H15Cl2N3O/c1-9(18)10-5-7-11(8-6-10)19-15(21)20-13-4-2-3-12(16)14(13)17/h2-9H,18H2,1H3,(H2,19,20,21). The molecule has 0 spiro atoms. The van der Waals surface area contributed by atoms with Crippen molar-refractivity contribution in [3.8, 4) is 0 Å². The average molecular weight is 324 g/mol. The van der Waals surface area contributed by atoms with Gasteiger partial charge in [-0.1, -0.05) is 41.4 Å². The summed E-state index contributed by atoms with van der Waals surface area (Å²) in [5, 5.41) is 6.05. The predicted octanol–water partition coefficient (Wildman–Crippen LogP) is 4.66. The molecule has 0 radical (unpaired) electrons. The molecule has 0 aliphatic carbocycles. The molecule has 0 heterocycles. The van der Waals surface area contributed by atoms with Gasteiger partial charge >= 0.3 is 6.03 Å². The summed E-state index contributed by atoms with van der Waals surface area (Å²) in [6.07, 6.45) is 0. The lowest BCUT2D eigenvalue weighted by atomic mass is 10.1. The van der Waals surface area contributed by atoms with Crippen LogP contribution < -0.4 is 16.4 Å². The highest BCUT2D eigenvalue weighted by Gasteiger charge is 2.08. The third kappa shape index (κ3) is 4.11. The Kier molecular flexibility index (Phi) is 5.07. The zero-order valence-corrected chi connectivity index (χ0v) is 12.9. The number of hydrogen-bond acceptors (Lipinski definition) is 2. The Labute approximate surface area is 133 Å². The maximum absolute atomic E-state index is 11.9. The zero-order chi connectivity index (χ0) is 15.4. The van der Waals surface area contributed by atoms with Crippen LogP contribution in [0.5, 0.6) is 0 Å². The number of carbonyl (C=O) groups is 1. The molecule has 2 amide bonds. The van der Waals surface area contributed by atoms with E-state index in [-0.39, 0.29) is 6.04 Å². The number of halogens is 2. The Hall–Kier alpha value is -1.75. The van der Waals surface area contributed by atoms with E-state index in [4.69, 9.17) is 28.9 Å². The summed E-state index contributed by atoms with van der Waals surface area (Å²) in [5.41, 5.74) is 7.88. The molecule has 6 heteroatoms. The topological polar surface area (TPSA) is 67.1 Å². The van der Waals surface area contributed by atoms with E-state index in [1.54, 1.807) is 30.3 Å². The monoisotopic (exact) mass is 323 g/mol. The van der Waals surface area contributed by atoms with Crippen LogP contribution in [0.3, 0.4) is 0 Å². The van der Waals surface area contributed by atoms with Gasteiger partial charge in [-0.2, -0.15) is 0 Å². The van der Waals surface area contributed by atoms with E-state index >= 15 is 0 Å². The zero-order valence-electron chi connectivity index (χ0n) is 11.4. The molecule has 0 saturated heterocycles. The summed E-state index contributed by atoms with van der Waals surface area (Å²) in [4.78, 5) is 11.9. The quantitative estimate of drug-likeness (QED) is 0.769. The van der Waals surface area contributed by atoms with Crippen LogP contribution in [0.2, 0.25) is 10.0 Å². The number of nitrogens with two attached hydrogens (primary N) is 1. The molecule has 2 aromatic carbocycles. The van der Waals surface area contributed by atoms with E-state index in [1.807, 2.05) is 19.1 Å². The fourth-order valence-corrected chi connectivity index (χ4v) is 2.10. The van der Waals surface area contributed by atoms with Gasteiger partial charge in [-0.05, 0) is 36.8 Å². The van der Waals surface area contributed by atoms with Gasteiger partial charge in [0.15, 0.2) is 0 Å². The van der Waals surface area contributed by atoms with Gasteiger partial charge in [-0.25, -0.2) is 4.79 Å². The average Bonchev–Trinajstić information content (AvgIpc) is 2.44. The van der Waals surface area contributed by atoms with Crippen LogP contribution in [0.25, 0.3) is 0 Å². The Morgan fingerprint density at radius 2 is 1.76 bits per heavy atom. The molecule has 0 aliphatic rings. The van der Waals surface area contributed by atoms with Crippen molar-refractivity contribution in [3.63, 3.8) is 0 Å². The van der Waals surface area contributed by atoms with Crippen molar-refractivity contribution in [2.45, 2.75) is 13.0 Å². The van der Waals surface area contributed by atoms with Crippen LogP contribution in [0.15, 0.2) is 42.5 Å². The summed E-state index contributed by atoms with van der Waals surface area (Å²) in [7, 11) is 0. The Morgan fingerprint density at radius 3 is 2.38 bits per heavy atom. The number of amides is 2. The third-order valence-corrected chi connectivity index (χ3v) is 3.71. The van der Waals surface area contributed by atoms with E-state index in [0.717, 1.165) is 5.56 Å². The van der Waals surface area contributed by atoms with E-state index in [2.05, 4.69) is 10.6 Å². The summed E-state index contributed by atoms with van der Waals surface area (Å²) in [6.45, 7) is 1.90. The van der Waals surface area contributed by atoms with Gasteiger partial charge in [-0.15, -0.1) is 0 Å². The summed E-state index contributed by atoms with van der Waals surface area (Å²) in [5.74, 6) is 0. The van der Waals surface area contributed by atoms with Gasteiger partial charge in [0.1, 0.15) is 0 Å². The SMILES string of the molecule is CC(N)c1ccc(NC(=O)Nc2cccc(Cl)c2Cl)cc1. The summed E-state index contributed by atoms with van der Waals surface area (Å²) in [6, 6.07) is 11.9. The molecule has 0 aromatic heterocycles. The number of benzene rings is 2. The molecule has 21 heavy (non-hydrogen) atoms. The Bertz CT molecular complexity index is 642. The van der Waals surface area contributed by atoms with Gasteiger partial charge in [0.05, 0.1) is 15.7 Å². The molecule has 0 fully saturated rings. The molecular weight excluding hydrogens is 309 g/mol. The molecule has 1 unspecified atom stereocenters. The van der Waals surface area contributed by atoms with Crippen LogP contribution in [-0.4, -0.2) is 6.03 Å². The number of urea groups is 1. The molecule has 2 rings (SSSR count). The van der Waals surface area contributed by atoms with E-state index in [1.165, 1.54) is 0 Å². The van der Waals surface area contributed by atoms with Crippen LogP contribution in [-0.2, 0) is 0 Å². The minimum absolute atomic E-state index is 0.0434. The van der Waals surface area contributed by atoms with E-state index in [9.17, 15) is 4.79 Å². The van der Waals surface area contributed by atoms with Gasteiger partial charge < -0.3 is 16.4 Å². The molecule has 4 nitrogen and oxygen atoms in total. The molecule has 1 atom stereocenters. The van der Waals surface area contributed by atoms with Crippen molar-refractivity contribution < 1.29 is 4.79 Å². The van der Waals surface area contributed by atoms with Crippen molar-refractivity contribution in [2.24, 2.45) is 5.73 Å². The molecule has 2 aromatic rings. The lowest BCUT2D eigenvalue weighted by Crippen LogP contribution is -2.19. The molecule has 0 aliphatic heterocycles. The minimum Gasteiger partial charge on any atom is -0.324 e. The summed E-state index contributed by atoms with van der Waals surface area (Å²) < 4.78 is 0. The molecule has 0 bridgehead atoms. The fourth-order valence-electron chi connectivity index (χ4n) is 1.76. The highest BCUT2D eigenvalue weighted by atomic mass is 35.5. The lowest BCUT2D eigenvalue weighted by molar-refractivity contribution is 0.262. The number of nitrogens with one attached hydrogen (secondary N) is 2. The molecule has 4 N–H and O–H groups in total. The first-order chi connectivity index (χ1) is 9.97. The predicted molar refractivity (Wildman–Crippen MR) is 88.1 cm³/mol. The summed E-state index contributed by atoms with van der Waals surface area (Å²) >= 11 is 11.9. The maximum Gasteiger partial charge on any atom is 0.323 e. The molecule has 0 saturated carbocycles. The number of carbonyl (C=O) groups excluding carboxylic acids is 1. The third-order valence-electron chi connectivity index (χ3n) is 2.89. The van der Waals surface area contributed by atoms with Gasteiger partial charge in [0.2, 0.25) is 0 Å². The van der Waals surface area contributed by atoms with Gasteiger partial charge in [0.25, 0.3) is 0 Å². The number of anilines is 2. The number of hydrogen-bond donors (Lipinski definition) is 3. The van der Waals surface area contributed by atoms with Crippen LogP contribution >= 0.6 is 23.2 Å². The molecular formula is C15H15Cl2N3O. The highest BCUT2D eigenvalue weighted by molar-refractivity contribution is 6.44. The fraction of sp³-hybridized carbons (Fsp3) is 0.133. The second-order valence-electron chi connectivity index (χ2n) is 4.59. The van der Waals surface area contributed by atoms with Crippen molar-refractivity contribution in [1.82, 2.24) is 0 Å². The first-order valence-corrected chi connectivity index (χ1v) is 7.10. The Balaban J connectivity index is 2.03. The highest BCUT2D eigenvalue weighted by Crippen LogP contribution is 2.29. The van der Waals surface area contributed by atoms with Gasteiger partial charge in [-0.3, -0.25) is 0 Å². The second-order valence-corrected chi connectivity index (χ2v) is 5.38. The van der Waals surface area contributed by atoms with Crippen LogP contribution in [0.1, 0.15) is 18.5 Å². The first-order valence-electron chi connectivity index (χ1n) is 6.35. The van der Waals surface area contributed by atoms with Crippen molar-refractivity contribution in [3.05, 3.63) is 58.1 Å². The molecule has 110 valence electrons. The van der Waals surface area contributed by atoms with Crippen molar-refractivity contribution >= 4 is 40.6 Å². The largest absolute Gasteiger partial charge is 0.324 e. The van der Waals surface area contributed by atoms with Crippen molar-refractivity contribution in [1.29, 1.82) is 0 Å². The first kappa shape index (κ1) is 15.6. The van der Waals surface area contributed by atoms with Gasteiger partial charge in [0, 0.05) is 11.7 Å². The van der Waals surface area contributed by atoms with Crippen LogP contribution in [0.4, 0.5) is 16.2 Å². The maximum atomic E-state index is 11.9. The lowest BCUT2D eigenvalue weighted by Gasteiger charge is -2.11. The minimum atomic E-state index is -0.396. The number of rotatable bonds is 3. The normalized spacial score (nSPS) is 11.8. The second kappa shape index (κ2) is 6.80. The van der Waals surface area contributed by atoms with E-state index in [0.29, 0.717) is 21.4 Å². The smallest absolute Gasteiger partial charge is 0.323 e.